The van der Waals surface area contributed by atoms with Crippen molar-refractivity contribution in [2.24, 2.45) is 11.8 Å². The maximum Gasteiger partial charge on any atom is 0.337 e. The number of ether oxygens (including phenoxy) is 4. The smallest absolute Gasteiger partial charge is 0.337 e. The first-order valence-electron chi connectivity index (χ1n) is 14.2. The Kier molecular flexibility index (Phi) is 8.43. The number of rotatable bonds is 9. The highest BCUT2D eigenvalue weighted by Crippen LogP contribution is 2.51. The topological polar surface area (TPSA) is 90.9 Å². The molecule has 2 heterocycles. The van der Waals surface area contributed by atoms with Crippen LogP contribution in [-0.4, -0.2) is 38.9 Å². The van der Waals surface area contributed by atoms with E-state index in [-0.39, 0.29) is 18.4 Å². The molecule has 1 saturated carbocycles. The minimum atomic E-state index is -1.08. The molecule has 1 aliphatic carbocycles. The van der Waals surface area contributed by atoms with Crippen LogP contribution in [0.3, 0.4) is 0 Å². The summed E-state index contributed by atoms with van der Waals surface area (Å²) in [6.45, 7) is 4.05. The molecule has 5 rings (SSSR count). The molecule has 3 aromatic rings. The fraction of sp³-hybridized carbons (Fsp3) is 0.438. The Hall–Kier alpha value is -4.08. The van der Waals surface area contributed by atoms with Gasteiger partial charge in [0.05, 0.1) is 50.4 Å². The standard InChI is InChI=1S/C32H37F2N3O5/c1-18-13-21(31(38)41-5)14-19(2)29(18)42-17-23(20-9-7-6-8-10-20)32(22-11-12-28(39-3)35-30(22)40-4)36-26-15-24(33)25(34)16-27(26)37-32/h11-16,20,23,36-37H,6-10,17H2,1-5H3. The summed E-state index contributed by atoms with van der Waals surface area (Å²) in [4.78, 5) is 16.7. The van der Waals surface area contributed by atoms with Gasteiger partial charge in [0.1, 0.15) is 11.4 Å². The second-order valence-electron chi connectivity index (χ2n) is 11.0. The van der Waals surface area contributed by atoms with E-state index in [9.17, 15) is 13.6 Å². The molecular weight excluding hydrogens is 544 g/mol. The zero-order valence-corrected chi connectivity index (χ0v) is 24.6. The summed E-state index contributed by atoms with van der Waals surface area (Å²) in [5, 5.41) is 7.04. The van der Waals surface area contributed by atoms with E-state index < -0.39 is 23.3 Å². The highest BCUT2D eigenvalue weighted by Gasteiger charge is 2.51. The van der Waals surface area contributed by atoms with Gasteiger partial charge in [0.15, 0.2) is 11.6 Å². The average molecular weight is 582 g/mol. The molecule has 1 unspecified atom stereocenters. The summed E-state index contributed by atoms with van der Waals surface area (Å²) >= 11 is 0. The van der Waals surface area contributed by atoms with Crippen LogP contribution in [0.5, 0.6) is 17.5 Å². The molecule has 2 aromatic carbocycles. The summed E-state index contributed by atoms with van der Waals surface area (Å²) in [7, 11) is 4.41. The van der Waals surface area contributed by atoms with Gasteiger partial charge < -0.3 is 29.6 Å². The number of carbonyl (C=O) groups is 1. The molecule has 1 aliphatic heterocycles. The molecule has 42 heavy (non-hydrogen) atoms. The molecule has 224 valence electrons. The number of hydrogen-bond acceptors (Lipinski definition) is 8. The molecule has 0 radical (unpaired) electrons. The molecule has 0 amide bonds. The van der Waals surface area contributed by atoms with E-state index >= 15 is 0 Å². The lowest BCUT2D eigenvalue weighted by molar-refractivity contribution is 0.0600. The third kappa shape index (κ3) is 5.42. The van der Waals surface area contributed by atoms with Crippen molar-refractivity contribution in [2.45, 2.75) is 51.6 Å². The van der Waals surface area contributed by atoms with E-state index in [1.807, 2.05) is 19.9 Å². The predicted molar refractivity (Wildman–Crippen MR) is 155 cm³/mol. The zero-order chi connectivity index (χ0) is 30.0. The van der Waals surface area contributed by atoms with Crippen molar-refractivity contribution in [1.82, 2.24) is 4.98 Å². The Balaban J connectivity index is 1.62. The number of fused-ring (bicyclic) bond motifs is 1. The van der Waals surface area contributed by atoms with Gasteiger partial charge >= 0.3 is 5.97 Å². The number of halogens is 2. The molecule has 0 bridgehead atoms. The molecule has 0 spiro atoms. The van der Waals surface area contributed by atoms with Crippen molar-refractivity contribution in [3.8, 4) is 17.5 Å². The van der Waals surface area contributed by atoms with Crippen LogP contribution < -0.4 is 24.8 Å². The van der Waals surface area contributed by atoms with Crippen LogP contribution >= 0.6 is 0 Å². The molecule has 10 heteroatoms. The number of aromatic nitrogens is 1. The first-order chi connectivity index (χ1) is 20.2. The Labute approximate surface area is 244 Å². The lowest BCUT2D eigenvalue weighted by Gasteiger charge is -2.44. The largest absolute Gasteiger partial charge is 0.493 e. The highest BCUT2D eigenvalue weighted by molar-refractivity contribution is 5.90. The van der Waals surface area contributed by atoms with Crippen molar-refractivity contribution in [3.05, 3.63) is 70.3 Å². The molecule has 1 fully saturated rings. The van der Waals surface area contributed by atoms with Gasteiger partial charge in [-0.3, -0.25) is 0 Å². The number of pyridine rings is 1. The van der Waals surface area contributed by atoms with Crippen molar-refractivity contribution in [3.63, 3.8) is 0 Å². The Morgan fingerprint density at radius 2 is 1.57 bits per heavy atom. The van der Waals surface area contributed by atoms with Gasteiger partial charge in [-0.25, -0.2) is 13.6 Å². The predicted octanol–water partition coefficient (Wildman–Crippen LogP) is 6.75. The third-order valence-corrected chi connectivity index (χ3v) is 8.45. The molecule has 1 aromatic heterocycles. The summed E-state index contributed by atoms with van der Waals surface area (Å²) < 4.78 is 51.5. The third-order valence-electron chi connectivity index (χ3n) is 8.45. The molecule has 0 saturated heterocycles. The SMILES string of the molecule is COC(=O)c1cc(C)c(OCC(C2CCCCC2)C2(c3ccc(OC)nc3OC)Nc3cc(F)c(F)cc3N2)c(C)c1. The minimum absolute atomic E-state index is 0.199. The fourth-order valence-corrected chi connectivity index (χ4v) is 6.46. The van der Waals surface area contributed by atoms with Crippen LogP contribution in [0.1, 0.15) is 59.2 Å². The summed E-state index contributed by atoms with van der Waals surface area (Å²) in [5.74, 6) is -0.973. The van der Waals surface area contributed by atoms with Crippen molar-refractivity contribution < 1.29 is 32.5 Å². The van der Waals surface area contributed by atoms with Crippen LogP contribution in [0.25, 0.3) is 0 Å². The van der Waals surface area contributed by atoms with Crippen LogP contribution in [0.4, 0.5) is 20.2 Å². The van der Waals surface area contributed by atoms with Crippen LogP contribution in [0.15, 0.2) is 36.4 Å². The maximum atomic E-state index is 14.4. The number of carbonyl (C=O) groups excluding carboxylic acids is 1. The van der Waals surface area contributed by atoms with E-state index in [1.165, 1.54) is 33.5 Å². The number of anilines is 2. The van der Waals surface area contributed by atoms with E-state index in [0.717, 1.165) is 43.2 Å². The normalized spacial score (nSPS) is 16.5. The van der Waals surface area contributed by atoms with Gasteiger partial charge in [-0.2, -0.15) is 4.98 Å². The number of nitrogens with zero attached hydrogens (tertiary/aromatic N) is 1. The lowest BCUT2D eigenvalue weighted by atomic mass is 9.72. The first-order valence-corrected chi connectivity index (χ1v) is 14.2. The minimum Gasteiger partial charge on any atom is -0.493 e. The van der Waals surface area contributed by atoms with Crippen LogP contribution in [-0.2, 0) is 10.4 Å². The summed E-state index contributed by atoms with van der Waals surface area (Å²) in [5.41, 5.74) is 2.50. The van der Waals surface area contributed by atoms with Crippen molar-refractivity contribution in [2.75, 3.05) is 38.6 Å². The van der Waals surface area contributed by atoms with Gasteiger partial charge in [0.2, 0.25) is 11.8 Å². The van der Waals surface area contributed by atoms with E-state index in [0.29, 0.717) is 40.0 Å². The number of nitrogens with one attached hydrogen (secondary N) is 2. The van der Waals surface area contributed by atoms with E-state index in [4.69, 9.17) is 18.9 Å². The second kappa shape index (κ2) is 12.0. The zero-order valence-electron chi connectivity index (χ0n) is 24.6. The van der Waals surface area contributed by atoms with Gasteiger partial charge in [0, 0.05) is 24.1 Å². The van der Waals surface area contributed by atoms with Crippen LogP contribution in [0, 0.1) is 37.3 Å². The van der Waals surface area contributed by atoms with Gasteiger partial charge in [-0.15, -0.1) is 0 Å². The maximum absolute atomic E-state index is 14.4. The van der Waals surface area contributed by atoms with E-state index in [2.05, 4.69) is 15.6 Å². The average Bonchev–Trinajstić information content (AvgIpc) is 3.36. The number of aryl methyl sites for hydroxylation is 2. The highest BCUT2D eigenvalue weighted by atomic mass is 19.2. The van der Waals surface area contributed by atoms with Crippen molar-refractivity contribution >= 4 is 17.3 Å². The first kappa shape index (κ1) is 29.4. The number of benzene rings is 2. The molecular formula is C32H37F2N3O5. The van der Waals surface area contributed by atoms with E-state index in [1.54, 1.807) is 18.2 Å². The monoisotopic (exact) mass is 581 g/mol. The summed E-state index contributed by atoms with van der Waals surface area (Å²) in [6.07, 6.45) is 5.20. The van der Waals surface area contributed by atoms with Gasteiger partial charge in [-0.1, -0.05) is 19.3 Å². The lowest BCUT2D eigenvalue weighted by Crippen LogP contribution is -2.52. The number of esters is 1. The molecule has 2 N–H and O–H groups in total. The van der Waals surface area contributed by atoms with Gasteiger partial charge in [-0.05, 0) is 61.9 Å². The van der Waals surface area contributed by atoms with Crippen molar-refractivity contribution in [1.29, 1.82) is 0 Å². The second-order valence-corrected chi connectivity index (χ2v) is 11.0. The fourth-order valence-electron chi connectivity index (χ4n) is 6.46. The Morgan fingerprint density at radius 1 is 0.952 bits per heavy atom. The quantitative estimate of drug-likeness (QED) is 0.268. The van der Waals surface area contributed by atoms with Gasteiger partial charge in [0.25, 0.3) is 0 Å². The Bertz CT molecular complexity index is 1420. The van der Waals surface area contributed by atoms with Crippen LogP contribution in [0.2, 0.25) is 0 Å². The summed E-state index contributed by atoms with van der Waals surface area (Å²) in [6, 6.07) is 9.45. The number of methoxy groups -OCH3 is 3. The molecule has 8 nitrogen and oxygen atoms in total. The Morgan fingerprint density at radius 3 is 2.12 bits per heavy atom. The molecule has 1 atom stereocenters. The number of hydrogen-bond donors (Lipinski definition) is 2. The molecule has 2 aliphatic rings.